The molecule has 138 valence electrons. The predicted octanol–water partition coefficient (Wildman–Crippen LogP) is 0.327. The first-order valence-corrected chi connectivity index (χ1v) is 7.89. The summed E-state index contributed by atoms with van der Waals surface area (Å²) in [5.74, 6) is 0.367. The van der Waals surface area contributed by atoms with Crippen molar-refractivity contribution in [3.05, 3.63) is 18.0 Å². The predicted molar refractivity (Wildman–Crippen MR) is 105 cm³/mol. The number of aromatic nitrogens is 2. The Balaban J connectivity index is 0.00000529. The van der Waals surface area contributed by atoms with Gasteiger partial charge in [0.15, 0.2) is 5.96 Å². The van der Waals surface area contributed by atoms with Crippen molar-refractivity contribution in [2.45, 2.75) is 32.8 Å². The Morgan fingerprint density at radius 1 is 1.38 bits per heavy atom. The van der Waals surface area contributed by atoms with Crippen LogP contribution in [0.25, 0.3) is 0 Å². The van der Waals surface area contributed by atoms with Crippen LogP contribution in [-0.2, 0) is 17.4 Å². The third-order valence-electron chi connectivity index (χ3n) is 3.22. The van der Waals surface area contributed by atoms with Gasteiger partial charge in [-0.25, -0.2) is 4.99 Å². The third-order valence-corrected chi connectivity index (χ3v) is 3.22. The monoisotopic (exact) mass is 452 g/mol. The quantitative estimate of drug-likeness (QED) is 0.259. The molecule has 24 heavy (non-hydrogen) atoms. The van der Waals surface area contributed by atoms with Crippen molar-refractivity contribution in [1.29, 1.82) is 0 Å². The molecule has 0 spiro atoms. The van der Waals surface area contributed by atoms with Crippen molar-refractivity contribution in [1.82, 2.24) is 25.7 Å². The Morgan fingerprint density at radius 3 is 2.62 bits per heavy atom. The lowest BCUT2D eigenvalue weighted by molar-refractivity contribution is -0.119. The van der Waals surface area contributed by atoms with Crippen LogP contribution in [-0.4, -0.2) is 52.9 Å². The van der Waals surface area contributed by atoms with Crippen LogP contribution < -0.4 is 16.0 Å². The first kappa shape index (κ1) is 22.6. The molecule has 0 saturated carbocycles. The number of nitrogens with one attached hydrogen (secondary N) is 3. The zero-order valence-corrected chi connectivity index (χ0v) is 17.1. The van der Waals surface area contributed by atoms with Crippen LogP contribution in [0.15, 0.2) is 17.4 Å². The van der Waals surface area contributed by atoms with Crippen molar-refractivity contribution in [2.75, 3.05) is 26.2 Å². The number of halogens is 1. The molecule has 1 aromatic heterocycles. The number of carbonyl (C=O) groups excluding carboxylic acids is 1. The van der Waals surface area contributed by atoms with Gasteiger partial charge in [-0.3, -0.25) is 9.48 Å². The molecule has 4 N–H and O–H groups in total. The number of aryl methyl sites for hydroxylation is 1. The Hall–Kier alpha value is -1.36. The van der Waals surface area contributed by atoms with Gasteiger partial charge in [0.25, 0.3) is 0 Å². The average Bonchev–Trinajstić information content (AvgIpc) is 2.95. The van der Waals surface area contributed by atoms with Crippen molar-refractivity contribution in [3.63, 3.8) is 0 Å². The van der Waals surface area contributed by atoms with Gasteiger partial charge in [-0.2, -0.15) is 5.10 Å². The van der Waals surface area contributed by atoms with Gasteiger partial charge in [0, 0.05) is 31.9 Å². The fourth-order valence-electron chi connectivity index (χ4n) is 1.87. The van der Waals surface area contributed by atoms with Crippen LogP contribution in [0.2, 0.25) is 0 Å². The molecule has 1 rings (SSSR count). The lowest BCUT2D eigenvalue weighted by Gasteiger charge is -2.23. The summed E-state index contributed by atoms with van der Waals surface area (Å²) < 4.78 is 1.64. The molecule has 0 aromatic carbocycles. The van der Waals surface area contributed by atoms with Crippen LogP contribution in [0.5, 0.6) is 0 Å². The maximum atomic E-state index is 11.6. The van der Waals surface area contributed by atoms with E-state index in [1.807, 2.05) is 13.8 Å². The number of hydrogen-bond donors (Lipinski definition) is 4. The Kier molecular flexibility index (Phi) is 10.6. The molecule has 9 heteroatoms. The van der Waals surface area contributed by atoms with Gasteiger partial charge in [0.1, 0.15) is 12.1 Å². The fourth-order valence-corrected chi connectivity index (χ4v) is 1.87. The van der Waals surface area contributed by atoms with Crippen molar-refractivity contribution in [3.8, 4) is 0 Å². The number of aliphatic imine (C=N–C) groups is 1. The molecule has 8 nitrogen and oxygen atoms in total. The molecule has 1 aromatic rings. The van der Waals surface area contributed by atoms with E-state index in [2.05, 4.69) is 26.0 Å². The molecule has 1 amide bonds. The minimum Gasteiger partial charge on any atom is -0.383 e. The van der Waals surface area contributed by atoms with Gasteiger partial charge >= 0.3 is 0 Å². The van der Waals surface area contributed by atoms with E-state index in [9.17, 15) is 9.90 Å². The maximum Gasteiger partial charge on any atom is 0.241 e. The van der Waals surface area contributed by atoms with Gasteiger partial charge in [0.05, 0.1) is 12.7 Å². The Morgan fingerprint density at radius 2 is 2.08 bits per heavy atom. The number of rotatable bonds is 8. The van der Waals surface area contributed by atoms with E-state index in [4.69, 9.17) is 0 Å². The summed E-state index contributed by atoms with van der Waals surface area (Å²) in [4.78, 5) is 15.8. The Bertz CT molecular complexity index is 530. The number of hydrogen-bond acceptors (Lipinski definition) is 4. The molecule has 0 radical (unpaired) electrons. The summed E-state index contributed by atoms with van der Waals surface area (Å²) in [7, 11) is 1.80. The largest absolute Gasteiger partial charge is 0.383 e. The zero-order valence-electron chi connectivity index (χ0n) is 14.8. The molecular weight excluding hydrogens is 423 g/mol. The van der Waals surface area contributed by atoms with E-state index in [-0.39, 0.29) is 43.0 Å². The highest BCUT2D eigenvalue weighted by Gasteiger charge is 2.25. The van der Waals surface area contributed by atoms with E-state index >= 15 is 0 Å². The van der Waals surface area contributed by atoms with E-state index in [0.29, 0.717) is 24.6 Å². The second-order valence-corrected chi connectivity index (χ2v) is 5.58. The van der Waals surface area contributed by atoms with Gasteiger partial charge in [0.2, 0.25) is 5.91 Å². The third kappa shape index (κ3) is 7.95. The summed E-state index contributed by atoms with van der Waals surface area (Å²) in [5.41, 5.74) is -0.376. The van der Waals surface area contributed by atoms with Crippen molar-refractivity contribution in [2.24, 2.45) is 12.0 Å². The standard InChI is InChI=1S/C15H28N6O2.HI/c1-5-7-17-13(22)9-18-14(16-6-2)19-11-15(3,23)12-8-20-21(4)10-12;/h8,10,23H,5-7,9,11H2,1-4H3,(H,17,22)(H2,16,18,19);1H. The van der Waals surface area contributed by atoms with Crippen molar-refractivity contribution < 1.29 is 9.90 Å². The van der Waals surface area contributed by atoms with E-state index < -0.39 is 5.60 Å². The molecule has 0 aliphatic heterocycles. The first-order chi connectivity index (χ1) is 10.9. The molecule has 0 fully saturated rings. The fraction of sp³-hybridized carbons (Fsp3) is 0.667. The molecule has 0 aliphatic carbocycles. The second kappa shape index (κ2) is 11.2. The summed E-state index contributed by atoms with van der Waals surface area (Å²) in [6, 6.07) is 0. The van der Waals surface area contributed by atoms with Crippen molar-refractivity contribution >= 4 is 35.8 Å². The van der Waals surface area contributed by atoms with Crippen LogP contribution in [0.3, 0.4) is 0 Å². The van der Waals surface area contributed by atoms with Gasteiger partial charge in [-0.1, -0.05) is 6.92 Å². The highest BCUT2D eigenvalue weighted by Crippen LogP contribution is 2.18. The van der Waals surface area contributed by atoms with E-state index in [1.54, 1.807) is 31.0 Å². The minimum atomic E-state index is -1.09. The lowest BCUT2D eigenvalue weighted by Crippen LogP contribution is -2.45. The first-order valence-electron chi connectivity index (χ1n) is 7.89. The molecular formula is C15H29IN6O2. The smallest absolute Gasteiger partial charge is 0.241 e. The normalized spacial score (nSPS) is 13.6. The zero-order chi connectivity index (χ0) is 17.3. The SMILES string of the molecule is CCCNC(=O)CN=C(NCC)NCC(C)(O)c1cnn(C)c1.I. The number of guanidine groups is 1. The molecule has 0 aliphatic rings. The number of aliphatic hydroxyl groups is 1. The molecule has 0 bridgehead atoms. The van der Waals surface area contributed by atoms with Gasteiger partial charge in [-0.15, -0.1) is 24.0 Å². The van der Waals surface area contributed by atoms with Crippen LogP contribution in [0.4, 0.5) is 0 Å². The number of nitrogens with zero attached hydrogens (tertiary/aromatic N) is 3. The molecule has 1 heterocycles. The number of amides is 1. The second-order valence-electron chi connectivity index (χ2n) is 5.58. The van der Waals surface area contributed by atoms with Crippen LogP contribution >= 0.6 is 24.0 Å². The molecule has 1 unspecified atom stereocenters. The Labute approximate surface area is 160 Å². The maximum absolute atomic E-state index is 11.6. The molecule has 1 atom stereocenters. The highest BCUT2D eigenvalue weighted by molar-refractivity contribution is 14.0. The summed E-state index contributed by atoms with van der Waals surface area (Å²) in [6.07, 6.45) is 4.29. The van der Waals surface area contributed by atoms with Gasteiger partial charge < -0.3 is 21.1 Å². The minimum absolute atomic E-state index is 0. The van der Waals surface area contributed by atoms with E-state index in [1.165, 1.54) is 0 Å². The summed E-state index contributed by atoms with van der Waals surface area (Å²) in [5, 5.41) is 23.5. The number of carbonyl (C=O) groups is 1. The van der Waals surface area contributed by atoms with Crippen LogP contribution in [0, 0.1) is 0 Å². The van der Waals surface area contributed by atoms with Crippen LogP contribution in [0.1, 0.15) is 32.8 Å². The highest BCUT2D eigenvalue weighted by atomic mass is 127. The topological polar surface area (TPSA) is 104 Å². The summed E-state index contributed by atoms with van der Waals surface area (Å²) >= 11 is 0. The van der Waals surface area contributed by atoms with Gasteiger partial charge in [-0.05, 0) is 20.3 Å². The van der Waals surface area contributed by atoms with E-state index in [0.717, 1.165) is 6.42 Å². The molecule has 0 saturated heterocycles. The average molecular weight is 452 g/mol. The lowest BCUT2D eigenvalue weighted by atomic mass is 10.00. The summed E-state index contributed by atoms with van der Waals surface area (Å²) in [6.45, 7) is 7.24.